The Hall–Kier alpha value is -1.02. The number of hydrogen-bond acceptors (Lipinski definition) is 2. The van der Waals surface area contributed by atoms with Crippen LogP contribution in [-0.2, 0) is 0 Å². The van der Waals surface area contributed by atoms with Crippen LogP contribution >= 0.6 is 0 Å². The van der Waals surface area contributed by atoms with E-state index in [-0.39, 0.29) is 0 Å². The van der Waals surface area contributed by atoms with Gasteiger partial charge < -0.3 is 10.1 Å². The molecule has 1 fully saturated rings. The van der Waals surface area contributed by atoms with Crippen LogP contribution in [0.15, 0.2) is 24.3 Å². The van der Waals surface area contributed by atoms with Gasteiger partial charge >= 0.3 is 0 Å². The summed E-state index contributed by atoms with van der Waals surface area (Å²) in [5.41, 5.74) is 1.34. The summed E-state index contributed by atoms with van der Waals surface area (Å²) in [6.45, 7) is 5.55. The molecule has 98 valence electrons. The van der Waals surface area contributed by atoms with Crippen molar-refractivity contribution < 1.29 is 4.74 Å². The lowest BCUT2D eigenvalue weighted by atomic mass is 9.79. The van der Waals surface area contributed by atoms with Gasteiger partial charge in [0.2, 0.25) is 0 Å². The Labute approximate surface area is 110 Å². The summed E-state index contributed by atoms with van der Waals surface area (Å²) in [4.78, 5) is 0. The standard InChI is InChI=1S/C16H23NO/c1-11-7-8-14(12(2)9-11)17-15-10-18-16-6-4-3-5-13(15)16/h3-6,11-12,14-15,17H,7-10H2,1-2H3. The van der Waals surface area contributed by atoms with Crippen molar-refractivity contribution in [2.75, 3.05) is 6.61 Å². The van der Waals surface area contributed by atoms with Crippen molar-refractivity contribution >= 4 is 0 Å². The zero-order valence-corrected chi connectivity index (χ0v) is 11.4. The van der Waals surface area contributed by atoms with Gasteiger partial charge in [-0.25, -0.2) is 0 Å². The molecule has 0 aromatic heterocycles. The van der Waals surface area contributed by atoms with Crippen molar-refractivity contribution in [3.8, 4) is 5.75 Å². The summed E-state index contributed by atoms with van der Waals surface area (Å²) in [5, 5.41) is 3.82. The minimum Gasteiger partial charge on any atom is -0.491 e. The van der Waals surface area contributed by atoms with Gasteiger partial charge in [-0.3, -0.25) is 0 Å². The molecule has 2 aliphatic rings. The second-order valence-electron chi connectivity index (χ2n) is 6.07. The van der Waals surface area contributed by atoms with Gasteiger partial charge in [-0.05, 0) is 37.2 Å². The Morgan fingerprint density at radius 1 is 1.17 bits per heavy atom. The first-order valence-electron chi connectivity index (χ1n) is 7.22. The van der Waals surface area contributed by atoms with Gasteiger partial charge in [0.15, 0.2) is 0 Å². The Morgan fingerprint density at radius 2 is 2.00 bits per heavy atom. The van der Waals surface area contributed by atoms with Gasteiger partial charge in [-0.2, -0.15) is 0 Å². The van der Waals surface area contributed by atoms with E-state index in [4.69, 9.17) is 4.74 Å². The van der Waals surface area contributed by atoms with E-state index in [1.165, 1.54) is 24.8 Å². The summed E-state index contributed by atoms with van der Waals surface area (Å²) in [5.74, 6) is 2.73. The smallest absolute Gasteiger partial charge is 0.124 e. The molecule has 1 saturated carbocycles. The molecular weight excluding hydrogens is 222 g/mol. The van der Waals surface area contributed by atoms with E-state index in [1.54, 1.807) is 0 Å². The number of fused-ring (bicyclic) bond motifs is 1. The molecule has 0 bridgehead atoms. The second kappa shape index (κ2) is 4.93. The summed E-state index contributed by atoms with van der Waals surface area (Å²) in [7, 11) is 0. The van der Waals surface area contributed by atoms with Crippen molar-refractivity contribution in [1.29, 1.82) is 0 Å². The Balaban J connectivity index is 1.68. The summed E-state index contributed by atoms with van der Waals surface area (Å²) in [6.07, 6.45) is 4.02. The second-order valence-corrected chi connectivity index (χ2v) is 6.07. The molecule has 0 spiro atoms. The lowest BCUT2D eigenvalue weighted by Crippen LogP contribution is -2.41. The molecule has 1 aliphatic heterocycles. The molecule has 1 heterocycles. The fourth-order valence-electron chi connectivity index (χ4n) is 3.47. The van der Waals surface area contributed by atoms with Gasteiger partial charge in [0.1, 0.15) is 12.4 Å². The maximum absolute atomic E-state index is 5.75. The molecule has 1 aromatic rings. The van der Waals surface area contributed by atoms with Crippen LogP contribution in [0.4, 0.5) is 0 Å². The molecule has 1 N–H and O–H groups in total. The van der Waals surface area contributed by atoms with Crippen LogP contribution in [0.3, 0.4) is 0 Å². The normalized spacial score (nSPS) is 35.0. The maximum atomic E-state index is 5.75. The van der Waals surface area contributed by atoms with E-state index < -0.39 is 0 Å². The number of nitrogens with one attached hydrogen (secondary N) is 1. The topological polar surface area (TPSA) is 21.3 Å². The quantitative estimate of drug-likeness (QED) is 0.860. The van der Waals surface area contributed by atoms with Crippen LogP contribution in [0.2, 0.25) is 0 Å². The fraction of sp³-hybridized carbons (Fsp3) is 0.625. The largest absolute Gasteiger partial charge is 0.491 e. The molecule has 18 heavy (non-hydrogen) atoms. The molecule has 4 atom stereocenters. The average Bonchev–Trinajstić information content (AvgIpc) is 2.76. The number of rotatable bonds is 2. The van der Waals surface area contributed by atoms with Crippen molar-refractivity contribution in [2.24, 2.45) is 11.8 Å². The highest BCUT2D eigenvalue weighted by Gasteiger charge is 2.30. The lowest BCUT2D eigenvalue weighted by molar-refractivity contribution is 0.200. The predicted molar refractivity (Wildman–Crippen MR) is 73.8 cm³/mol. The van der Waals surface area contributed by atoms with Crippen LogP contribution in [0, 0.1) is 11.8 Å². The van der Waals surface area contributed by atoms with Gasteiger partial charge in [0, 0.05) is 11.6 Å². The highest BCUT2D eigenvalue weighted by molar-refractivity contribution is 5.39. The Morgan fingerprint density at radius 3 is 2.83 bits per heavy atom. The van der Waals surface area contributed by atoms with Gasteiger partial charge in [0.25, 0.3) is 0 Å². The van der Waals surface area contributed by atoms with Crippen LogP contribution < -0.4 is 10.1 Å². The minimum atomic E-state index is 0.391. The lowest BCUT2D eigenvalue weighted by Gasteiger charge is -2.35. The number of ether oxygens (including phenoxy) is 1. The first kappa shape index (κ1) is 12.0. The molecule has 1 aliphatic carbocycles. The van der Waals surface area contributed by atoms with Crippen molar-refractivity contribution in [2.45, 2.75) is 45.2 Å². The molecule has 0 radical (unpaired) electrons. The summed E-state index contributed by atoms with van der Waals surface area (Å²) in [6, 6.07) is 9.46. The zero-order valence-electron chi connectivity index (χ0n) is 11.4. The number of hydrogen-bond donors (Lipinski definition) is 1. The molecular formula is C16H23NO. The highest BCUT2D eigenvalue weighted by atomic mass is 16.5. The molecule has 0 saturated heterocycles. The van der Waals surface area contributed by atoms with Crippen LogP contribution in [0.1, 0.15) is 44.7 Å². The van der Waals surface area contributed by atoms with Gasteiger partial charge in [-0.15, -0.1) is 0 Å². The summed E-state index contributed by atoms with van der Waals surface area (Å²) >= 11 is 0. The van der Waals surface area contributed by atoms with Gasteiger partial charge in [0.05, 0.1) is 6.04 Å². The predicted octanol–water partition coefficient (Wildman–Crippen LogP) is 3.53. The van der Waals surface area contributed by atoms with E-state index in [0.717, 1.165) is 24.2 Å². The van der Waals surface area contributed by atoms with E-state index in [0.29, 0.717) is 12.1 Å². The molecule has 2 nitrogen and oxygen atoms in total. The van der Waals surface area contributed by atoms with Crippen LogP contribution in [-0.4, -0.2) is 12.6 Å². The first-order chi connectivity index (χ1) is 8.74. The molecule has 0 amide bonds. The molecule has 2 heteroatoms. The average molecular weight is 245 g/mol. The Bertz CT molecular complexity index is 417. The Kier molecular flexibility index (Phi) is 3.29. The van der Waals surface area contributed by atoms with E-state index in [9.17, 15) is 0 Å². The van der Waals surface area contributed by atoms with E-state index in [1.807, 2.05) is 6.07 Å². The van der Waals surface area contributed by atoms with Crippen molar-refractivity contribution in [1.82, 2.24) is 5.32 Å². The number of para-hydroxylation sites is 1. The first-order valence-corrected chi connectivity index (χ1v) is 7.22. The van der Waals surface area contributed by atoms with Gasteiger partial charge in [-0.1, -0.05) is 32.0 Å². The van der Waals surface area contributed by atoms with Crippen LogP contribution in [0.25, 0.3) is 0 Å². The monoisotopic (exact) mass is 245 g/mol. The highest BCUT2D eigenvalue weighted by Crippen LogP contribution is 2.35. The minimum absolute atomic E-state index is 0.391. The summed E-state index contributed by atoms with van der Waals surface area (Å²) < 4.78 is 5.75. The fourth-order valence-corrected chi connectivity index (χ4v) is 3.47. The van der Waals surface area contributed by atoms with E-state index >= 15 is 0 Å². The maximum Gasteiger partial charge on any atom is 0.124 e. The van der Waals surface area contributed by atoms with Crippen molar-refractivity contribution in [3.05, 3.63) is 29.8 Å². The number of benzene rings is 1. The zero-order chi connectivity index (χ0) is 12.5. The third-order valence-electron chi connectivity index (χ3n) is 4.55. The third kappa shape index (κ3) is 2.26. The SMILES string of the molecule is CC1CCC(NC2COc3ccccc32)C(C)C1. The van der Waals surface area contributed by atoms with E-state index in [2.05, 4.69) is 37.4 Å². The molecule has 4 unspecified atom stereocenters. The van der Waals surface area contributed by atoms with Crippen LogP contribution in [0.5, 0.6) is 5.75 Å². The molecule has 3 rings (SSSR count). The third-order valence-corrected chi connectivity index (χ3v) is 4.55. The molecule has 1 aromatic carbocycles. The van der Waals surface area contributed by atoms with Crippen molar-refractivity contribution in [3.63, 3.8) is 0 Å².